The van der Waals surface area contributed by atoms with Crippen LogP contribution in [-0.2, 0) is 21.3 Å². The van der Waals surface area contributed by atoms with Gasteiger partial charge >= 0.3 is 11.9 Å². The normalized spacial score (nSPS) is 10.5. The van der Waals surface area contributed by atoms with Crippen LogP contribution in [0.25, 0.3) is 10.7 Å². The van der Waals surface area contributed by atoms with E-state index in [4.69, 9.17) is 4.74 Å². The van der Waals surface area contributed by atoms with Crippen molar-refractivity contribution in [3.8, 4) is 10.7 Å². The summed E-state index contributed by atoms with van der Waals surface area (Å²) in [6.07, 6.45) is 0. The molecule has 1 amide bonds. The first kappa shape index (κ1) is 21.5. The number of methoxy groups -OCH3 is 2. The Labute approximate surface area is 180 Å². The van der Waals surface area contributed by atoms with Crippen molar-refractivity contribution in [2.24, 2.45) is 7.05 Å². The second kappa shape index (κ2) is 9.55. The van der Waals surface area contributed by atoms with E-state index in [1.165, 1.54) is 44.2 Å². The van der Waals surface area contributed by atoms with Crippen LogP contribution >= 0.6 is 23.1 Å². The van der Waals surface area contributed by atoms with Gasteiger partial charge in [-0.25, -0.2) is 9.59 Å². The summed E-state index contributed by atoms with van der Waals surface area (Å²) in [5.74, 6) is -0.862. The van der Waals surface area contributed by atoms with Crippen molar-refractivity contribution in [2.45, 2.75) is 5.16 Å². The smallest absolute Gasteiger partial charge is 0.339 e. The highest BCUT2D eigenvalue weighted by Crippen LogP contribution is 2.26. The van der Waals surface area contributed by atoms with Crippen molar-refractivity contribution in [1.29, 1.82) is 0 Å². The summed E-state index contributed by atoms with van der Waals surface area (Å²) >= 11 is 2.75. The third kappa shape index (κ3) is 4.69. The summed E-state index contributed by atoms with van der Waals surface area (Å²) in [5.41, 5.74) is 0.483. The summed E-state index contributed by atoms with van der Waals surface area (Å²) in [5, 5.41) is 13.5. The molecule has 0 fully saturated rings. The predicted octanol–water partition coefficient (Wildman–Crippen LogP) is 2.85. The van der Waals surface area contributed by atoms with Gasteiger partial charge in [0.2, 0.25) is 5.91 Å². The van der Waals surface area contributed by atoms with Crippen LogP contribution in [0, 0.1) is 0 Å². The van der Waals surface area contributed by atoms with Crippen LogP contribution in [0.4, 0.5) is 5.69 Å². The van der Waals surface area contributed by atoms with Gasteiger partial charge in [-0.15, -0.1) is 21.5 Å². The molecule has 0 aliphatic heterocycles. The van der Waals surface area contributed by atoms with Gasteiger partial charge in [-0.2, -0.15) is 0 Å². The van der Waals surface area contributed by atoms with E-state index in [9.17, 15) is 14.4 Å². The van der Waals surface area contributed by atoms with Gasteiger partial charge in [-0.1, -0.05) is 17.8 Å². The summed E-state index contributed by atoms with van der Waals surface area (Å²) in [4.78, 5) is 37.2. The third-order valence-electron chi connectivity index (χ3n) is 4.03. The highest BCUT2D eigenvalue weighted by molar-refractivity contribution is 7.99. The van der Waals surface area contributed by atoms with Crippen molar-refractivity contribution in [3.63, 3.8) is 0 Å². The molecule has 0 saturated heterocycles. The highest BCUT2D eigenvalue weighted by Gasteiger charge is 2.18. The van der Waals surface area contributed by atoms with Gasteiger partial charge in [0, 0.05) is 7.05 Å². The monoisotopic (exact) mass is 446 g/mol. The molecule has 0 saturated carbocycles. The zero-order valence-electron chi connectivity index (χ0n) is 16.4. The number of thioether (sulfide) groups is 1. The molecular formula is C19H18N4O5S2. The molecular weight excluding hydrogens is 428 g/mol. The van der Waals surface area contributed by atoms with Crippen molar-refractivity contribution >= 4 is 46.6 Å². The number of esters is 2. The van der Waals surface area contributed by atoms with E-state index < -0.39 is 11.9 Å². The first-order valence-corrected chi connectivity index (χ1v) is 10.5. The maximum absolute atomic E-state index is 12.5. The minimum atomic E-state index is -0.636. The Kier molecular flexibility index (Phi) is 6.85. The third-order valence-corrected chi connectivity index (χ3v) is 5.91. The fraction of sp³-hybridized carbons (Fsp3) is 0.211. The minimum absolute atomic E-state index is 0.0273. The van der Waals surface area contributed by atoms with E-state index in [1.54, 1.807) is 11.3 Å². The molecule has 0 spiro atoms. The number of thiophene rings is 1. The van der Waals surface area contributed by atoms with E-state index in [1.807, 2.05) is 29.1 Å². The van der Waals surface area contributed by atoms with E-state index in [-0.39, 0.29) is 28.5 Å². The molecule has 0 bridgehead atoms. The number of carbonyl (C=O) groups excluding carboxylic acids is 3. The molecule has 0 aliphatic carbocycles. The maximum Gasteiger partial charge on any atom is 0.339 e. The lowest BCUT2D eigenvalue weighted by Gasteiger charge is -2.11. The Morgan fingerprint density at radius 2 is 1.90 bits per heavy atom. The first-order valence-electron chi connectivity index (χ1n) is 8.61. The lowest BCUT2D eigenvalue weighted by atomic mass is 10.1. The average Bonchev–Trinajstić information content (AvgIpc) is 3.40. The number of aromatic nitrogens is 3. The number of ether oxygens (including phenoxy) is 2. The number of benzene rings is 1. The zero-order chi connectivity index (χ0) is 21.7. The Hall–Kier alpha value is -3.18. The van der Waals surface area contributed by atoms with Crippen molar-refractivity contribution in [1.82, 2.24) is 14.8 Å². The van der Waals surface area contributed by atoms with E-state index in [0.717, 1.165) is 4.88 Å². The number of amides is 1. The van der Waals surface area contributed by atoms with Gasteiger partial charge in [0.25, 0.3) is 0 Å². The molecule has 9 nitrogen and oxygen atoms in total. The summed E-state index contributed by atoms with van der Waals surface area (Å²) in [7, 11) is 4.30. The molecule has 0 aliphatic rings. The molecule has 3 aromatic rings. The van der Waals surface area contributed by atoms with Crippen molar-refractivity contribution in [3.05, 3.63) is 46.8 Å². The molecule has 30 heavy (non-hydrogen) atoms. The lowest BCUT2D eigenvalue weighted by Crippen LogP contribution is -2.18. The zero-order valence-corrected chi connectivity index (χ0v) is 18.0. The first-order chi connectivity index (χ1) is 14.4. The molecule has 3 rings (SSSR count). The number of rotatable bonds is 7. The van der Waals surface area contributed by atoms with Crippen LogP contribution in [0.1, 0.15) is 20.7 Å². The summed E-state index contributed by atoms with van der Waals surface area (Å²) in [6, 6.07) is 8.07. The van der Waals surface area contributed by atoms with Crippen LogP contribution in [-0.4, -0.2) is 52.6 Å². The second-order valence-electron chi connectivity index (χ2n) is 5.92. The summed E-state index contributed by atoms with van der Waals surface area (Å²) in [6.45, 7) is 0. The van der Waals surface area contributed by atoms with Crippen LogP contribution in [0.2, 0.25) is 0 Å². The van der Waals surface area contributed by atoms with Gasteiger partial charge in [-0.3, -0.25) is 4.79 Å². The fourth-order valence-corrected chi connectivity index (χ4v) is 4.01. The summed E-state index contributed by atoms with van der Waals surface area (Å²) < 4.78 is 11.2. The molecule has 2 aromatic heterocycles. The second-order valence-corrected chi connectivity index (χ2v) is 7.81. The van der Waals surface area contributed by atoms with E-state index >= 15 is 0 Å². The molecule has 1 aromatic carbocycles. The van der Waals surface area contributed by atoms with Gasteiger partial charge in [0.1, 0.15) is 0 Å². The van der Waals surface area contributed by atoms with Gasteiger partial charge in [0.05, 0.1) is 41.7 Å². The standard InChI is InChI=1S/C19H18N4O5S2/c1-23-16(14-5-4-8-29-14)21-22-19(23)30-10-15(24)20-13-9-11(17(25)27-2)6-7-12(13)18(26)28-3/h4-9H,10H2,1-3H3,(H,20,24). The van der Waals surface area contributed by atoms with Crippen LogP contribution < -0.4 is 5.32 Å². The molecule has 11 heteroatoms. The topological polar surface area (TPSA) is 112 Å². The number of hydrogen-bond donors (Lipinski definition) is 1. The molecule has 156 valence electrons. The minimum Gasteiger partial charge on any atom is -0.465 e. The molecule has 0 atom stereocenters. The quantitative estimate of drug-likeness (QED) is 0.435. The Morgan fingerprint density at radius 3 is 2.57 bits per heavy atom. The van der Waals surface area contributed by atoms with Crippen LogP contribution in [0.3, 0.4) is 0 Å². The Bertz CT molecular complexity index is 1080. The van der Waals surface area contributed by atoms with Crippen molar-refractivity contribution < 1.29 is 23.9 Å². The largest absolute Gasteiger partial charge is 0.465 e. The SMILES string of the molecule is COC(=O)c1ccc(C(=O)OC)c(NC(=O)CSc2nnc(-c3cccs3)n2C)c1. The number of anilines is 1. The lowest BCUT2D eigenvalue weighted by molar-refractivity contribution is -0.113. The molecule has 0 unspecified atom stereocenters. The number of carbonyl (C=O) groups is 3. The van der Waals surface area contributed by atoms with Gasteiger partial charge < -0.3 is 19.4 Å². The number of hydrogen-bond acceptors (Lipinski definition) is 9. The number of nitrogens with one attached hydrogen (secondary N) is 1. The molecule has 1 N–H and O–H groups in total. The van der Waals surface area contributed by atoms with Crippen LogP contribution in [0.15, 0.2) is 40.9 Å². The average molecular weight is 447 g/mol. The number of nitrogens with zero attached hydrogens (tertiary/aromatic N) is 3. The van der Waals surface area contributed by atoms with Gasteiger partial charge in [0.15, 0.2) is 11.0 Å². The van der Waals surface area contributed by atoms with Crippen LogP contribution in [0.5, 0.6) is 0 Å². The predicted molar refractivity (Wildman–Crippen MR) is 113 cm³/mol. The molecule has 0 radical (unpaired) electrons. The molecule has 2 heterocycles. The van der Waals surface area contributed by atoms with Gasteiger partial charge in [-0.05, 0) is 29.6 Å². The Morgan fingerprint density at radius 1 is 1.13 bits per heavy atom. The maximum atomic E-state index is 12.5. The fourth-order valence-electron chi connectivity index (χ4n) is 2.56. The van der Waals surface area contributed by atoms with E-state index in [0.29, 0.717) is 11.0 Å². The Balaban J connectivity index is 1.73. The van der Waals surface area contributed by atoms with Crippen molar-refractivity contribution in [2.75, 3.05) is 25.3 Å². The highest BCUT2D eigenvalue weighted by atomic mass is 32.2. The van der Waals surface area contributed by atoms with E-state index in [2.05, 4.69) is 20.3 Å².